The molecule has 5 rings (SSSR count). The molecular formula is C23H31N7O. The lowest BCUT2D eigenvalue weighted by molar-refractivity contribution is 0.228. The summed E-state index contributed by atoms with van der Waals surface area (Å²) in [4.78, 5) is 20.6. The van der Waals surface area contributed by atoms with Crippen molar-refractivity contribution in [1.82, 2.24) is 19.9 Å². The number of piperazine rings is 1. The van der Waals surface area contributed by atoms with Gasteiger partial charge in [0.05, 0.1) is 6.54 Å². The monoisotopic (exact) mass is 421 g/mol. The van der Waals surface area contributed by atoms with E-state index in [0.717, 1.165) is 87.2 Å². The number of nitrogens with zero attached hydrogens (tertiary/aromatic N) is 6. The second kappa shape index (κ2) is 8.43. The zero-order valence-corrected chi connectivity index (χ0v) is 18.4. The molecule has 2 N–H and O–H groups in total. The van der Waals surface area contributed by atoms with Gasteiger partial charge in [-0.1, -0.05) is 0 Å². The van der Waals surface area contributed by atoms with Crippen LogP contribution in [-0.2, 0) is 6.54 Å². The van der Waals surface area contributed by atoms with E-state index < -0.39 is 0 Å². The molecule has 164 valence electrons. The Bertz CT molecular complexity index is 1060. The predicted molar refractivity (Wildman–Crippen MR) is 122 cm³/mol. The smallest absolute Gasteiger partial charge is 0.209 e. The molecule has 1 aromatic carbocycles. The van der Waals surface area contributed by atoms with Crippen molar-refractivity contribution in [3.63, 3.8) is 0 Å². The minimum atomic E-state index is 0.253. The molecule has 4 heterocycles. The summed E-state index contributed by atoms with van der Waals surface area (Å²) in [5.74, 6) is 1.84. The van der Waals surface area contributed by atoms with Crippen molar-refractivity contribution in [2.45, 2.75) is 39.3 Å². The fraction of sp³-hybridized carbons (Fsp3) is 0.522. The number of fused-ring (bicyclic) bond motifs is 1. The number of benzene rings is 1. The largest absolute Gasteiger partial charge is 0.439 e. The molecule has 2 aliphatic heterocycles. The maximum Gasteiger partial charge on any atom is 0.209 e. The van der Waals surface area contributed by atoms with E-state index in [0.29, 0.717) is 0 Å². The van der Waals surface area contributed by atoms with Crippen molar-refractivity contribution in [1.29, 1.82) is 0 Å². The average Bonchev–Trinajstić information content (AvgIpc) is 3.18. The molecule has 2 fully saturated rings. The van der Waals surface area contributed by atoms with E-state index in [9.17, 15) is 0 Å². The van der Waals surface area contributed by atoms with Crippen molar-refractivity contribution < 1.29 is 4.42 Å². The highest BCUT2D eigenvalue weighted by Crippen LogP contribution is 2.26. The van der Waals surface area contributed by atoms with Gasteiger partial charge < -0.3 is 20.0 Å². The van der Waals surface area contributed by atoms with Crippen molar-refractivity contribution >= 4 is 22.6 Å². The number of piperidine rings is 1. The third-order valence-electron chi connectivity index (χ3n) is 6.58. The van der Waals surface area contributed by atoms with Gasteiger partial charge in [0.1, 0.15) is 17.7 Å². The molecule has 0 bridgehead atoms. The van der Waals surface area contributed by atoms with Crippen LogP contribution in [0.15, 0.2) is 28.9 Å². The Labute approximate surface area is 183 Å². The van der Waals surface area contributed by atoms with E-state index in [1.807, 2.05) is 6.92 Å². The summed E-state index contributed by atoms with van der Waals surface area (Å²) >= 11 is 0. The molecule has 0 spiro atoms. The molecule has 0 saturated carbocycles. The second-order valence-electron chi connectivity index (χ2n) is 8.78. The lowest BCUT2D eigenvalue weighted by Gasteiger charge is -2.35. The van der Waals surface area contributed by atoms with Crippen LogP contribution < -0.4 is 15.5 Å². The molecular weight excluding hydrogens is 390 g/mol. The van der Waals surface area contributed by atoms with Gasteiger partial charge >= 0.3 is 0 Å². The third kappa shape index (κ3) is 4.22. The topological polar surface area (TPSA) is 87.6 Å². The Kier molecular flexibility index (Phi) is 5.50. The maximum atomic E-state index is 6.15. The summed E-state index contributed by atoms with van der Waals surface area (Å²) in [5.41, 5.74) is 11.3. The lowest BCUT2D eigenvalue weighted by atomic mass is 10.1. The highest BCUT2D eigenvalue weighted by Gasteiger charge is 2.22. The van der Waals surface area contributed by atoms with Gasteiger partial charge in [-0.3, -0.25) is 4.90 Å². The molecule has 0 aliphatic carbocycles. The molecule has 8 nitrogen and oxygen atoms in total. The second-order valence-corrected chi connectivity index (χ2v) is 8.78. The summed E-state index contributed by atoms with van der Waals surface area (Å²) in [5, 5.41) is 0. The van der Waals surface area contributed by atoms with Crippen LogP contribution in [-0.4, -0.2) is 65.2 Å². The Morgan fingerprint density at radius 3 is 2.71 bits per heavy atom. The van der Waals surface area contributed by atoms with Crippen LogP contribution in [0, 0.1) is 13.8 Å². The van der Waals surface area contributed by atoms with Crippen molar-refractivity contribution in [2.24, 2.45) is 5.73 Å². The molecule has 0 amide bonds. The van der Waals surface area contributed by atoms with Gasteiger partial charge in [0.25, 0.3) is 0 Å². The van der Waals surface area contributed by atoms with Crippen molar-refractivity contribution in [2.75, 3.05) is 49.1 Å². The molecule has 0 radical (unpaired) electrons. The number of aromatic nitrogens is 3. The molecule has 1 atom stereocenters. The first-order chi connectivity index (χ1) is 15.1. The average molecular weight is 422 g/mol. The minimum absolute atomic E-state index is 0.253. The summed E-state index contributed by atoms with van der Waals surface area (Å²) in [6.45, 7) is 10.6. The summed E-state index contributed by atoms with van der Waals surface area (Å²) in [6.07, 6.45) is 3.91. The van der Waals surface area contributed by atoms with E-state index in [4.69, 9.17) is 15.1 Å². The van der Waals surface area contributed by atoms with Crippen LogP contribution >= 0.6 is 0 Å². The van der Waals surface area contributed by atoms with E-state index in [-0.39, 0.29) is 6.04 Å². The maximum absolute atomic E-state index is 6.15. The Balaban J connectivity index is 1.23. The van der Waals surface area contributed by atoms with Gasteiger partial charge in [-0.15, -0.1) is 0 Å². The first-order valence-electron chi connectivity index (χ1n) is 11.2. The van der Waals surface area contributed by atoms with E-state index >= 15 is 0 Å². The Hall–Kier alpha value is -2.71. The number of anilines is 2. The predicted octanol–water partition coefficient (Wildman–Crippen LogP) is 2.48. The molecule has 0 unspecified atom stereocenters. The van der Waals surface area contributed by atoms with E-state index in [1.165, 1.54) is 11.3 Å². The number of hydrogen-bond donors (Lipinski definition) is 1. The Morgan fingerprint density at radius 1 is 1.06 bits per heavy atom. The molecule has 3 aromatic rings. The van der Waals surface area contributed by atoms with Gasteiger partial charge in [-0.2, -0.15) is 0 Å². The van der Waals surface area contributed by atoms with E-state index in [2.05, 4.69) is 49.8 Å². The molecule has 31 heavy (non-hydrogen) atoms. The molecule has 2 saturated heterocycles. The highest BCUT2D eigenvalue weighted by molar-refractivity contribution is 5.77. The fourth-order valence-electron chi connectivity index (χ4n) is 4.62. The Morgan fingerprint density at radius 2 is 1.90 bits per heavy atom. The number of nitrogens with two attached hydrogens (primary N) is 1. The summed E-state index contributed by atoms with van der Waals surface area (Å²) < 4.78 is 6.13. The number of aryl methyl sites for hydroxylation is 1. The lowest BCUT2D eigenvalue weighted by Crippen LogP contribution is -2.46. The van der Waals surface area contributed by atoms with Crippen molar-refractivity contribution in [3.8, 4) is 0 Å². The van der Waals surface area contributed by atoms with Gasteiger partial charge in [-0.05, 0) is 38.8 Å². The SMILES string of the molecule is Cc1ncnc(N2CCN(Cc3nc4ccc(N5CCC[C@@H](N)C5)cc4o3)CC2)c1C. The highest BCUT2D eigenvalue weighted by atomic mass is 16.3. The quantitative estimate of drug-likeness (QED) is 0.688. The number of oxazole rings is 1. The fourth-order valence-corrected chi connectivity index (χ4v) is 4.62. The van der Waals surface area contributed by atoms with Crippen LogP contribution in [0.3, 0.4) is 0 Å². The van der Waals surface area contributed by atoms with Crippen LogP contribution in [0.25, 0.3) is 11.1 Å². The number of rotatable bonds is 4. The molecule has 2 aromatic heterocycles. The molecule has 8 heteroatoms. The minimum Gasteiger partial charge on any atom is -0.439 e. The van der Waals surface area contributed by atoms with E-state index in [1.54, 1.807) is 6.33 Å². The zero-order chi connectivity index (χ0) is 21.4. The normalized spacial score (nSPS) is 20.5. The van der Waals surface area contributed by atoms with Crippen molar-refractivity contribution in [3.05, 3.63) is 41.7 Å². The molecule has 2 aliphatic rings. The third-order valence-corrected chi connectivity index (χ3v) is 6.58. The number of hydrogen-bond acceptors (Lipinski definition) is 8. The van der Waals surface area contributed by atoms with Crippen LogP contribution in [0.2, 0.25) is 0 Å². The van der Waals surface area contributed by atoms with Crippen LogP contribution in [0.5, 0.6) is 0 Å². The first kappa shape index (κ1) is 20.2. The summed E-state index contributed by atoms with van der Waals surface area (Å²) in [6, 6.07) is 6.57. The van der Waals surface area contributed by atoms with Crippen LogP contribution in [0.1, 0.15) is 30.0 Å². The van der Waals surface area contributed by atoms with Gasteiger partial charge in [0.15, 0.2) is 5.58 Å². The first-order valence-corrected chi connectivity index (χ1v) is 11.2. The zero-order valence-electron chi connectivity index (χ0n) is 18.4. The summed E-state index contributed by atoms with van der Waals surface area (Å²) in [7, 11) is 0. The van der Waals surface area contributed by atoms with Crippen LogP contribution in [0.4, 0.5) is 11.5 Å². The van der Waals surface area contributed by atoms with Gasteiger partial charge in [0, 0.05) is 68.3 Å². The standard InChI is InChI=1S/C23H31N7O/c1-16-17(2)25-15-26-23(16)29-10-8-28(9-11-29)14-22-27-20-6-5-19(12-21(20)31-22)30-7-3-4-18(24)13-30/h5-6,12,15,18H,3-4,7-11,13-14,24H2,1-2H3/t18-/m1/s1. The van der Waals surface area contributed by atoms with Gasteiger partial charge in [0.2, 0.25) is 5.89 Å². The van der Waals surface area contributed by atoms with Gasteiger partial charge in [-0.25, -0.2) is 15.0 Å².